The van der Waals surface area contributed by atoms with Gasteiger partial charge >= 0.3 is 0 Å². The van der Waals surface area contributed by atoms with Crippen molar-refractivity contribution in [3.63, 3.8) is 0 Å². The van der Waals surface area contributed by atoms with Crippen molar-refractivity contribution in [2.24, 2.45) is 0 Å². The van der Waals surface area contributed by atoms with Crippen molar-refractivity contribution < 1.29 is 23.8 Å². The molecule has 0 aromatic heterocycles. The maximum absolute atomic E-state index is 11.3. The fourth-order valence-corrected chi connectivity index (χ4v) is 1.64. The van der Waals surface area contributed by atoms with E-state index in [9.17, 15) is 9.59 Å². The van der Waals surface area contributed by atoms with Crippen LogP contribution in [0.3, 0.4) is 0 Å². The number of rotatable bonds is 6. The molecule has 0 saturated heterocycles. The molecule has 6 heteroatoms. The van der Waals surface area contributed by atoms with Crippen LogP contribution in [0.2, 0.25) is 0 Å². The van der Waals surface area contributed by atoms with Crippen molar-refractivity contribution in [1.29, 1.82) is 0 Å². The highest BCUT2D eigenvalue weighted by Gasteiger charge is 2.17. The first-order valence-corrected chi connectivity index (χ1v) is 5.56. The molecule has 0 N–H and O–H groups in total. The number of hydrogen-bond donors (Lipinski definition) is 0. The highest BCUT2D eigenvalue weighted by atomic mass is 16.5. The molecule has 0 atom stereocenters. The van der Waals surface area contributed by atoms with Crippen LogP contribution in [-0.2, 0) is 16.1 Å². The summed E-state index contributed by atoms with van der Waals surface area (Å²) < 4.78 is 15.6. The largest absolute Gasteiger partial charge is 0.496 e. The van der Waals surface area contributed by atoms with Crippen LogP contribution in [0.4, 0.5) is 0 Å². The van der Waals surface area contributed by atoms with Crippen LogP contribution in [0, 0.1) is 0 Å². The summed E-state index contributed by atoms with van der Waals surface area (Å²) in [5.41, 5.74) is 0.670. The predicted molar refractivity (Wildman–Crippen MR) is 68.6 cm³/mol. The van der Waals surface area contributed by atoms with Gasteiger partial charge in [0.2, 0.25) is 6.29 Å². The molecule has 0 saturated carbocycles. The Morgan fingerprint density at radius 3 is 2.05 bits per heavy atom. The van der Waals surface area contributed by atoms with E-state index in [1.165, 1.54) is 33.3 Å². The van der Waals surface area contributed by atoms with E-state index in [0.29, 0.717) is 22.8 Å². The maximum Gasteiger partial charge on any atom is 0.286 e. The van der Waals surface area contributed by atoms with E-state index in [4.69, 9.17) is 14.2 Å². The van der Waals surface area contributed by atoms with E-state index in [0.717, 1.165) is 0 Å². The molecule has 0 radical (unpaired) electrons. The number of benzene rings is 1. The molecular weight excluding hydrogens is 250 g/mol. The Labute approximate surface area is 111 Å². The monoisotopic (exact) mass is 267 g/mol. The van der Waals surface area contributed by atoms with E-state index in [1.807, 2.05) is 0 Å². The Bertz CT molecular complexity index is 447. The molecule has 6 nitrogen and oxygen atoms in total. The summed E-state index contributed by atoms with van der Waals surface area (Å²) in [5, 5.41) is 0. The van der Waals surface area contributed by atoms with E-state index in [1.54, 1.807) is 12.1 Å². The molecule has 0 aliphatic carbocycles. The van der Waals surface area contributed by atoms with Gasteiger partial charge in [0, 0.05) is 19.2 Å². The Kier molecular flexibility index (Phi) is 5.17. The average molecular weight is 267 g/mol. The molecular formula is C13H17NO5. The highest BCUT2D eigenvalue weighted by Crippen LogP contribution is 2.34. The first-order valence-electron chi connectivity index (χ1n) is 5.56. The summed E-state index contributed by atoms with van der Waals surface area (Å²) in [4.78, 5) is 23.0. The zero-order valence-electron chi connectivity index (χ0n) is 11.4. The smallest absolute Gasteiger partial charge is 0.286 e. The standard InChI is InChI=1S/C13H17NO5/c1-14(13(16)8-15)7-10-11(18-3)5-9(17-2)6-12(10)19-4/h5-6,8H,7H2,1-4H3. The SMILES string of the molecule is COc1cc(OC)c(CN(C)C(=O)C=O)c(OC)c1. The van der Waals surface area contributed by atoms with E-state index >= 15 is 0 Å². The van der Waals surface area contributed by atoms with Gasteiger partial charge in [0.05, 0.1) is 33.4 Å². The molecule has 0 aliphatic rings. The number of aldehydes is 1. The first-order chi connectivity index (χ1) is 9.07. The fourth-order valence-electron chi connectivity index (χ4n) is 1.64. The lowest BCUT2D eigenvalue weighted by molar-refractivity contribution is -0.138. The van der Waals surface area contributed by atoms with Gasteiger partial charge in [-0.1, -0.05) is 0 Å². The van der Waals surface area contributed by atoms with Crippen LogP contribution in [0.1, 0.15) is 5.56 Å². The third-order valence-electron chi connectivity index (χ3n) is 2.69. The Balaban J connectivity index is 3.16. The molecule has 0 spiro atoms. The molecule has 0 aliphatic heterocycles. The Hall–Kier alpha value is -2.24. The summed E-state index contributed by atoms with van der Waals surface area (Å²) in [6.07, 6.45) is 0.266. The molecule has 1 aromatic carbocycles. The summed E-state index contributed by atoms with van der Waals surface area (Å²) in [6, 6.07) is 3.38. The summed E-state index contributed by atoms with van der Waals surface area (Å²) in [6.45, 7) is 0.202. The van der Waals surface area contributed by atoms with Gasteiger partial charge in [-0.3, -0.25) is 9.59 Å². The van der Waals surface area contributed by atoms with E-state index in [-0.39, 0.29) is 12.8 Å². The van der Waals surface area contributed by atoms with Gasteiger partial charge in [0.1, 0.15) is 17.2 Å². The van der Waals surface area contributed by atoms with Crippen LogP contribution in [0.15, 0.2) is 12.1 Å². The highest BCUT2D eigenvalue weighted by molar-refractivity contribution is 6.23. The minimum absolute atomic E-state index is 0.202. The quantitative estimate of drug-likeness (QED) is 0.565. The second kappa shape index (κ2) is 6.63. The minimum Gasteiger partial charge on any atom is -0.496 e. The second-order valence-electron chi connectivity index (χ2n) is 3.82. The average Bonchev–Trinajstić information content (AvgIpc) is 2.45. The lowest BCUT2D eigenvalue weighted by Crippen LogP contribution is -2.27. The zero-order valence-corrected chi connectivity index (χ0v) is 11.4. The number of carbonyl (C=O) groups excluding carboxylic acids is 2. The normalized spacial score (nSPS) is 9.68. The third kappa shape index (κ3) is 3.37. The van der Waals surface area contributed by atoms with Crippen molar-refractivity contribution in [3.05, 3.63) is 17.7 Å². The molecule has 0 unspecified atom stereocenters. The number of likely N-dealkylation sites (N-methyl/N-ethyl adjacent to an activating group) is 1. The van der Waals surface area contributed by atoms with E-state index < -0.39 is 5.91 Å². The number of methoxy groups -OCH3 is 3. The van der Waals surface area contributed by atoms with Crippen molar-refractivity contribution in [3.8, 4) is 17.2 Å². The van der Waals surface area contributed by atoms with Crippen molar-refractivity contribution in [1.82, 2.24) is 4.90 Å². The van der Waals surface area contributed by atoms with E-state index in [2.05, 4.69) is 0 Å². The number of amides is 1. The minimum atomic E-state index is -0.611. The van der Waals surface area contributed by atoms with Crippen LogP contribution >= 0.6 is 0 Å². The maximum atomic E-state index is 11.3. The van der Waals surface area contributed by atoms with Gasteiger partial charge < -0.3 is 19.1 Å². The van der Waals surface area contributed by atoms with Crippen LogP contribution in [0.25, 0.3) is 0 Å². The topological polar surface area (TPSA) is 65.1 Å². The number of carbonyl (C=O) groups is 2. The molecule has 0 bridgehead atoms. The van der Waals surface area contributed by atoms with Crippen LogP contribution < -0.4 is 14.2 Å². The summed E-state index contributed by atoms with van der Waals surface area (Å²) >= 11 is 0. The predicted octanol–water partition coefficient (Wildman–Crippen LogP) is 0.870. The Morgan fingerprint density at radius 1 is 1.16 bits per heavy atom. The van der Waals surface area contributed by atoms with Gasteiger partial charge in [-0.05, 0) is 0 Å². The fraction of sp³-hybridized carbons (Fsp3) is 0.385. The molecule has 19 heavy (non-hydrogen) atoms. The lowest BCUT2D eigenvalue weighted by Gasteiger charge is -2.19. The van der Waals surface area contributed by atoms with Crippen LogP contribution in [-0.4, -0.2) is 45.5 Å². The number of nitrogens with zero attached hydrogens (tertiary/aromatic N) is 1. The van der Waals surface area contributed by atoms with Crippen LogP contribution in [0.5, 0.6) is 17.2 Å². The van der Waals surface area contributed by atoms with Gasteiger partial charge in [-0.25, -0.2) is 0 Å². The Morgan fingerprint density at radius 2 is 1.68 bits per heavy atom. The summed E-state index contributed by atoms with van der Waals surface area (Å²) in [5.74, 6) is 1.03. The third-order valence-corrected chi connectivity index (χ3v) is 2.69. The van der Waals surface area contributed by atoms with Gasteiger partial charge in [0.25, 0.3) is 5.91 Å². The first kappa shape index (κ1) is 14.8. The van der Waals surface area contributed by atoms with Gasteiger partial charge in [-0.15, -0.1) is 0 Å². The molecule has 104 valence electrons. The molecule has 0 heterocycles. The van der Waals surface area contributed by atoms with Crippen molar-refractivity contribution in [2.45, 2.75) is 6.54 Å². The van der Waals surface area contributed by atoms with Crippen molar-refractivity contribution in [2.75, 3.05) is 28.4 Å². The molecule has 1 rings (SSSR count). The number of hydrogen-bond acceptors (Lipinski definition) is 5. The second-order valence-corrected chi connectivity index (χ2v) is 3.82. The van der Waals surface area contributed by atoms with Crippen molar-refractivity contribution >= 4 is 12.2 Å². The zero-order chi connectivity index (χ0) is 14.4. The lowest BCUT2D eigenvalue weighted by atomic mass is 10.1. The molecule has 0 fully saturated rings. The summed E-state index contributed by atoms with van der Waals surface area (Å²) in [7, 11) is 6.09. The number of ether oxygens (including phenoxy) is 3. The van der Waals surface area contributed by atoms with Gasteiger partial charge in [0.15, 0.2) is 0 Å². The molecule has 1 aromatic rings. The molecule has 1 amide bonds. The van der Waals surface area contributed by atoms with Gasteiger partial charge in [-0.2, -0.15) is 0 Å².